The molecular formula is C13H13N5O2. The Morgan fingerprint density at radius 2 is 2.25 bits per heavy atom. The molecule has 102 valence electrons. The van der Waals surface area contributed by atoms with E-state index < -0.39 is 0 Å². The van der Waals surface area contributed by atoms with Crippen LogP contribution in [-0.4, -0.2) is 30.1 Å². The lowest BCUT2D eigenvalue weighted by Gasteiger charge is -2.04. The van der Waals surface area contributed by atoms with Crippen molar-refractivity contribution >= 4 is 10.9 Å². The van der Waals surface area contributed by atoms with Gasteiger partial charge in [-0.25, -0.2) is 9.67 Å². The maximum Gasteiger partial charge on any atom is 0.258 e. The van der Waals surface area contributed by atoms with Gasteiger partial charge in [0.25, 0.3) is 5.56 Å². The van der Waals surface area contributed by atoms with E-state index in [-0.39, 0.29) is 12.2 Å². The van der Waals surface area contributed by atoms with Crippen molar-refractivity contribution in [3.63, 3.8) is 0 Å². The Balaban J connectivity index is 2.04. The molecule has 7 heteroatoms. The number of nitrogens with zero attached hydrogens (tertiary/aromatic N) is 4. The van der Waals surface area contributed by atoms with E-state index in [4.69, 9.17) is 5.11 Å². The number of nitrogens with one attached hydrogen (secondary N) is 1. The Morgan fingerprint density at radius 3 is 3.00 bits per heavy atom. The van der Waals surface area contributed by atoms with Crippen LogP contribution < -0.4 is 5.56 Å². The summed E-state index contributed by atoms with van der Waals surface area (Å²) in [7, 11) is 0. The minimum Gasteiger partial charge on any atom is -0.390 e. The van der Waals surface area contributed by atoms with Crippen LogP contribution in [0.5, 0.6) is 0 Å². The number of aromatic nitrogens is 5. The molecule has 3 rings (SSSR count). The van der Waals surface area contributed by atoms with Crippen LogP contribution in [0, 0.1) is 6.92 Å². The summed E-state index contributed by atoms with van der Waals surface area (Å²) in [6.07, 6.45) is 1.61. The fraction of sp³-hybridized carbons (Fsp3) is 0.231. The summed E-state index contributed by atoms with van der Waals surface area (Å²) in [6, 6.07) is 5.49. The zero-order chi connectivity index (χ0) is 14.1. The van der Waals surface area contributed by atoms with Crippen LogP contribution in [0.25, 0.3) is 10.9 Å². The van der Waals surface area contributed by atoms with Crippen molar-refractivity contribution in [3.8, 4) is 0 Å². The molecule has 0 atom stereocenters. The van der Waals surface area contributed by atoms with Crippen molar-refractivity contribution in [2.45, 2.75) is 20.1 Å². The van der Waals surface area contributed by atoms with Gasteiger partial charge in [0.05, 0.1) is 23.7 Å². The van der Waals surface area contributed by atoms with Crippen LogP contribution in [0.1, 0.15) is 17.1 Å². The van der Waals surface area contributed by atoms with Crippen molar-refractivity contribution in [3.05, 3.63) is 51.8 Å². The number of aliphatic hydroxyl groups excluding tert-OH is 1. The second kappa shape index (κ2) is 4.86. The first-order valence-corrected chi connectivity index (χ1v) is 6.16. The summed E-state index contributed by atoms with van der Waals surface area (Å²) in [5.74, 6) is 0.506. The topological polar surface area (TPSA) is 96.7 Å². The molecule has 20 heavy (non-hydrogen) atoms. The van der Waals surface area contributed by atoms with Crippen molar-refractivity contribution in [2.24, 2.45) is 0 Å². The van der Waals surface area contributed by atoms with Crippen LogP contribution in [0.3, 0.4) is 0 Å². The average Bonchev–Trinajstić information content (AvgIpc) is 2.88. The smallest absolute Gasteiger partial charge is 0.258 e. The van der Waals surface area contributed by atoms with Gasteiger partial charge in [-0.05, 0) is 18.6 Å². The molecule has 0 fully saturated rings. The highest BCUT2D eigenvalue weighted by molar-refractivity contribution is 5.80. The quantitative estimate of drug-likeness (QED) is 0.717. The van der Waals surface area contributed by atoms with Crippen LogP contribution in [-0.2, 0) is 13.2 Å². The SMILES string of the molecule is Cc1cccc2c(=O)[nH]c(Cn3cc(CO)nn3)nc12. The predicted molar refractivity (Wildman–Crippen MR) is 72.1 cm³/mol. The second-order valence-corrected chi connectivity index (χ2v) is 4.55. The summed E-state index contributed by atoms with van der Waals surface area (Å²) in [6.45, 7) is 2.05. The number of para-hydroxylation sites is 1. The molecule has 0 aliphatic carbocycles. The van der Waals surface area contributed by atoms with Gasteiger partial charge < -0.3 is 10.1 Å². The molecule has 0 amide bonds. The number of aromatic amines is 1. The molecule has 0 aliphatic rings. The standard InChI is InChI=1S/C13H13N5O2/c1-8-3-2-4-10-12(8)14-11(15-13(10)20)6-18-5-9(7-19)16-17-18/h2-5,19H,6-7H2,1H3,(H,14,15,20). The summed E-state index contributed by atoms with van der Waals surface area (Å²) in [5.41, 5.74) is 1.94. The van der Waals surface area contributed by atoms with Crippen LogP contribution in [0.15, 0.2) is 29.2 Å². The maximum absolute atomic E-state index is 12.0. The molecule has 2 aromatic heterocycles. The number of rotatable bonds is 3. The molecule has 0 bridgehead atoms. The Labute approximate surface area is 113 Å². The van der Waals surface area contributed by atoms with E-state index in [1.54, 1.807) is 12.3 Å². The zero-order valence-corrected chi connectivity index (χ0v) is 10.9. The summed E-state index contributed by atoms with van der Waals surface area (Å²) in [5, 5.41) is 17.2. The molecular weight excluding hydrogens is 258 g/mol. The van der Waals surface area contributed by atoms with Gasteiger partial charge in [0, 0.05) is 0 Å². The molecule has 0 saturated heterocycles. The Bertz CT molecular complexity index is 821. The monoisotopic (exact) mass is 271 g/mol. The Kier molecular flexibility index (Phi) is 3.03. The lowest BCUT2D eigenvalue weighted by Crippen LogP contribution is -2.15. The maximum atomic E-state index is 12.0. The van der Waals surface area contributed by atoms with Gasteiger partial charge >= 0.3 is 0 Å². The van der Waals surface area contributed by atoms with Crippen molar-refractivity contribution in [1.29, 1.82) is 0 Å². The van der Waals surface area contributed by atoms with Crippen LogP contribution in [0.2, 0.25) is 0 Å². The van der Waals surface area contributed by atoms with Gasteiger partial charge in [-0.3, -0.25) is 4.79 Å². The lowest BCUT2D eigenvalue weighted by atomic mass is 10.1. The van der Waals surface area contributed by atoms with E-state index in [1.165, 1.54) is 4.68 Å². The van der Waals surface area contributed by atoms with E-state index >= 15 is 0 Å². The minimum atomic E-state index is -0.170. The van der Waals surface area contributed by atoms with Gasteiger partial charge in [-0.2, -0.15) is 0 Å². The molecule has 3 aromatic rings. The zero-order valence-electron chi connectivity index (χ0n) is 10.9. The van der Waals surface area contributed by atoms with Crippen molar-refractivity contribution in [2.75, 3.05) is 0 Å². The molecule has 7 nitrogen and oxygen atoms in total. The average molecular weight is 271 g/mol. The molecule has 0 saturated carbocycles. The highest BCUT2D eigenvalue weighted by atomic mass is 16.3. The summed E-state index contributed by atoms with van der Waals surface area (Å²) in [4.78, 5) is 19.2. The molecule has 1 aromatic carbocycles. The van der Waals surface area contributed by atoms with Crippen molar-refractivity contribution < 1.29 is 5.11 Å². The van der Waals surface area contributed by atoms with Gasteiger partial charge in [0.1, 0.15) is 18.1 Å². The normalized spacial score (nSPS) is 11.1. The van der Waals surface area contributed by atoms with Crippen molar-refractivity contribution in [1.82, 2.24) is 25.0 Å². The van der Waals surface area contributed by atoms with Gasteiger partial charge in [0.2, 0.25) is 0 Å². The number of benzene rings is 1. The highest BCUT2D eigenvalue weighted by Crippen LogP contribution is 2.12. The predicted octanol–water partition coefficient (Wildman–Crippen LogP) is 0.364. The van der Waals surface area contributed by atoms with Gasteiger partial charge in [0.15, 0.2) is 0 Å². The van der Waals surface area contributed by atoms with Crippen LogP contribution >= 0.6 is 0 Å². The van der Waals surface area contributed by atoms with E-state index in [2.05, 4.69) is 20.3 Å². The largest absolute Gasteiger partial charge is 0.390 e. The number of hydrogen-bond acceptors (Lipinski definition) is 5. The lowest BCUT2D eigenvalue weighted by molar-refractivity contribution is 0.276. The fourth-order valence-corrected chi connectivity index (χ4v) is 2.07. The first-order chi connectivity index (χ1) is 9.67. The minimum absolute atomic E-state index is 0.166. The third-order valence-electron chi connectivity index (χ3n) is 3.05. The molecule has 0 unspecified atom stereocenters. The highest BCUT2D eigenvalue weighted by Gasteiger charge is 2.07. The fourth-order valence-electron chi connectivity index (χ4n) is 2.07. The first-order valence-electron chi connectivity index (χ1n) is 6.16. The number of aryl methyl sites for hydroxylation is 1. The second-order valence-electron chi connectivity index (χ2n) is 4.55. The van der Waals surface area contributed by atoms with E-state index in [0.29, 0.717) is 29.0 Å². The van der Waals surface area contributed by atoms with Gasteiger partial charge in [-0.1, -0.05) is 17.3 Å². The number of hydrogen-bond donors (Lipinski definition) is 2. The van der Waals surface area contributed by atoms with E-state index in [1.807, 2.05) is 19.1 Å². The third kappa shape index (κ3) is 2.19. The Hall–Kier alpha value is -2.54. The summed E-state index contributed by atoms with van der Waals surface area (Å²) >= 11 is 0. The third-order valence-corrected chi connectivity index (χ3v) is 3.05. The number of fused-ring (bicyclic) bond motifs is 1. The van der Waals surface area contributed by atoms with E-state index in [0.717, 1.165) is 5.56 Å². The van der Waals surface area contributed by atoms with Gasteiger partial charge in [-0.15, -0.1) is 5.10 Å². The molecule has 2 heterocycles. The number of H-pyrrole nitrogens is 1. The molecule has 0 aliphatic heterocycles. The first kappa shape index (κ1) is 12.5. The van der Waals surface area contributed by atoms with Crippen LogP contribution in [0.4, 0.5) is 0 Å². The molecule has 2 N–H and O–H groups in total. The Morgan fingerprint density at radius 1 is 1.40 bits per heavy atom. The molecule has 0 spiro atoms. The molecule has 0 radical (unpaired) electrons. The number of aliphatic hydroxyl groups is 1. The summed E-state index contributed by atoms with van der Waals surface area (Å²) < 4.78 is 1.52. The van der Waals surface area contributed by atoms with E-state index in [9.17, 15) is 4.79 Å².